The maximum Gasteiger partial charge on any atom is 0.0471 e. The number of benzene rings is 1. The molecule has 0 heterocycles. The first-order valence-corrected chi connectivity index (χ1v) is 6.67. The van der Waals surface area contributed by atoms with Crippen LogP contribution in [-0.4, -0.2) is 17.8 Å². The Hall–Kier alpha value is -1.02. The van der Waals surface area contributed by atoms with Crippen LogP contribution in [0.25, 0.3) is 0 Å². The van der Waals surface area contributed by atoms with Gasteiger partial charge in [-0.2, -0.15) is 0 Å². The first-order chi connectivity index (χ1) is 8.20. The number of aliphatic hydroxyl groups excluding tert-OH is 1. The van der Waals surface area contributed by atoms with Gasteiger partial charge in [-0.15, -0.1) is 0 Å². The predicted molar refractivity (Wildman–Crippen MR) is 72.2 cm³/mol. The van der Waals surface area contributed by atoms with Crippen molar-refractivity contribution in [3.63, 3.8) is 0 Å². The highest BCUT2D eigenvalue weighted by Gasteiger charge is 2.32. The van der Waals surface area contributed by atoms with Crippen LogP contribution in [0, 0.1) is 11.8 Å². The molecule has 1 aliphatic carbocycles. The first-order valence-electron chi connectivity index (χ1n) is 6.67. The van der Waals surface area contributed by atoms with Crippen LogP contribution in [0.4, 0.5) is 5.69 Å². The molecule has 0 aromatic heterocycles. The summed E-state index contributed by atoms with van der Waals surface area (Å²) in [7, 11) is 0. The van der Waals surface area contributed by atoms with Crippen molar-refractivity contribution in [3.8, 4) is 0 Å². The van der Waals surface area contributed by atoms with Gasteiger partial charge >= 0.3 is 0 Å². The second-order valence-electron chi connectivity index (χ2n) is 5.42. The number of anilines is 1. The molecule has 0 amide bonds. The van der Waals surface area contributed by atoms with Crippen molar-refractivity contribution in [2.45, 2.75) is 39.2 Å². The molecular formula is C15H23NO. The summed E-state index contributed by atoms with van der Waals surface area (Å²) in [5.41, 5.74) is 2.41. The van der Waals surface area contributed by atoms with Gasteiger partial charge in [0.2, 0.25) is 0 Å². The van der Waals surface area contributed by atoms with Crippen molar-refractivity contribution in [1.82, 2.24) is 0 Å². The zero-order valence-electron chi connectivity index (χ0n) is 10.8. The van der Waals surface area contributed by atoms with Gasteiger partial charge in [-0.1, -0.05) is 26.0 Å². The fraction of sp³-hybridized carbons (Fsp3) is 0.600. The lowest BCUT2D eigenvalue weighted by molar-refractivity contribution is 0.299. The predicted octanol–water partition coefficient (Wildman–Crippen LogP) is 3.07. The summed E-state index contributed by atoms with van der Waals surface area (Å²) in [4.78, 5) is 0. The Bertz CT molecular complexity index is 338. The summed E-state index contributed by atoms with van der Waals surface area (Å²) in [5.74, 6) is 1.55. The first kappa shape index (κ1) is 12.4. The van der Waals surface area contributed by atoms with Gasteiger partial charge in [0.05, 0.1) is 0 Å². The van der Waals surface area contributed by atoms with E-state index in [1.54, 1.807) is 0 Å². The van der Waals surface area contributed by atoms with Gasteiger partial charge in [-0.3, -0.25) is 0 Å². The summed E-state index contributed by atoms with van der Waals surface area (Å²) >= 11 is 0. The molecule has 0 spiro atoms. The molecule has 0 aliphatic heterocycles. The number of aliphatic hydroxyl groups is 1. The van der Waals surface area contributed by atoms with E-state index in [-0.39, 0.29) is 6.61 Å². The highest BCUT2D eigenvalue weighted by Crippen LogP contribution is 2.37. The lowest BCUT2D eigenvalue weighted by Gasteiger charge is -2.23. The second kappa shape index (κ2) is 5.54. The van der Waals surface area contributed by atoms with E-state index in [1.165, 1.54) is 24.1 Å². The van der Waals surface area contributed by atoms with Crippen LogP contribution in [0.3, 0.4) is 0 Å². The van der Waals surface area contributed by atoms with Crippen LogP contribution in [0.1, 0.15) is 32.3 Å². The van der Waals surface area contributed by atoms with Gasteiger partial charge in [0.25, 0.3) is 0 Å². The quantitative estimate of drug-likeness (QED) is 0.791. The van der Waals surface area contributed by atoms with Crippen LogP contribution < -0.4 is 5.32 Å². The van der Waals surface area contributed by atoms with Crippen molar-refractivity contribution in [3.05, 3.63) is 29.8 Å². The maximum absolute atomic E-state index is 8.87. The molecule has 0 saturated heterocycles. The average Bonchev–Trinajstić information content (AvgIpc) is 3.12. The average molecular weight is 233 g/mol. The van der Waals surface area contributed by atoms with Crippen LogP contribution in [0.5, 0.6) is 0 Å². The van der Waals surface area contributed by atoms with E-state index < -0.39 is 0 Å². The Labute approximate surface area is 104 Å². The third-order valence-corrected chi connectivity index (χ3v) is 3.54. The largest absolute Gasteiger partial charge is 0.396 e. The Morgan fingerprint density at radius 1 is 1.24 bits per heavy atom. The standard InChI is InChI=1S/C15H23NO/c1-11(2)15(13-5-6-13)16-14-7-3-12(4-8-14)9-10-17/h3-4,7-8,11,13,15-17H,5-6,9-10H2,1-2H3. The molecule has 1 unspecified atom stereocenters. The third kappa shape index (κ3) is 3.47. The van der Waals surface area contributed by atoms with Crippen molar-refractivity contribution < 1.29 is 5.11 Å². The smallest absolute Gasteiger partial charge is 0.0471 e. The van der Waals surface area contributed by atoms with E-state index in [2.05, 4.69) is 43.4 Å². The Morgan fingerprint density at radius 2 is 1.88 bits per heavy atom. The molecular weight excluding hydrogens is 210 g/mol. The Kier molecular flexibility index (Phi) is 4.06. The molecule has 0 radical (unpaired) electrons. The lowest BCUT2D eigenvalue weighted by Crippen LogP contribution is -2.27. The molecule has 2 nitrogen and oxygen atoms in total. The minimum Gasteiger partial charge on any atom is -0.396 e. The van der Waals surface area contributed by atoms with E-state index >= 15 is 0 Å². The monoisotopic (exact) mass is 233 g/mol. The summed E-state index contributed by atoms with van der Waals surface area (Å²) in [5, 5.41) is 12.5. The second-order valence-corrected chi connectivity index (χ2v) is 5.42. The Morgan fingerprint density at radius 3 is 2.35 bits per heavy atom. The van der Waals surface area contributed by atoms with Crippen LogP contribution in [0.15, 0.2) is 24.3 Å². The number of hydrogen-bond donors (Lipinski definition) is 2. The van der Waals surface area contributed by atoms with E-state index in [0.717, 1.165) is 12.3 Å². The fourth-order valence-corrected chi connectivity index (χ4v) is 2.37. The van der Waals surface area contributed by atoms with Gasteiger partial charge in [0, 0.05) is 18.3 Å². The highest BCUT2D eigenvalue weighted by molar-refractivity contribution is 5.46. The molecule has 1 atom stereocenters. The van der Waals surface area contributed by atoms with E-state index in [9.17, 15) is 0 Å². The zero-order chi connectivity index (χ0) is 12.3. The molecule has 1 fully saturated rings. The number of rotatable bonds is 6. The highest BCUT2D eigenvalue weighted by atomic mass is 16.2. The van der Waals surface area contributed by atoms with Crippen LogP contribution in [0.2, 0.25) is 0 Å². The van der Waals surface area contributed by atoms with Crippen LogP contribution in [-0.2, 0) is 6.42 Å². The molecule has 17 heavy (non-hydrogen) atoms. The van der Waals surface area contributed by atoms with Gasteiger partial charge in [-0.05, 0) is 48.8 Å². The minimum atomic E-state index is 0.226. The van der Waals surface area contributed by atoms with E-state index in [0.29, 0.717) is 12.0 Å². The topological polar surface area (TPSA) is 32.3 Å². The van der Waals surface area contributed by atoms with Crippen molar-refractivity contribution in [2.75, 3.05) is 11.9 Å². The van der Waals surface area contributed by atoms with Gasteiger partial charge < -0.3 is 10.4 Å². The summed E-state index contributed by atoms with van der Waals surface area (Å²) in [6.45, 7) is 4.80. The van der Waals surface area contributed by atoms with Crippen molar-refractivity contribution in [1.29, 1.82) is 0 Å². The van der Waals surface area contributed by atoms with Gasteiger partial charge in [0.1, 0.15) is 0 Å². The molecule has 94 valence electrons. The molecule has 1 aliphatic rings. The Balaban J connectivity index is 1.97. The molecule has 1 saturated carbocycles. The lowest BCUT2D eigenvalue weighted by atomic mass is 9.99. The van der Waals surface area contributed by atoms with Crippen LogP contribution >= 0.6 is 0 Å². The van der Waals surface area contributed by atoms with Gasteiger partial charge in [-0.25, -0.2) is 0 Å². The minimum absolute atomic E-state index is 0.226. The van der Waals surface area contributed by atoms with Gasteiger partial charge in [0.15, 0.2) is 0 Å². The fourth-order valence-electron chi connectivity index (χ4n) is 2.37. The summed E-state index contributed by atoms with van der Waals surface area (Å²) < 4.78 is 0. The normalized spacial score (nSPS) is 17.2. The SMILES string of the molecule is CC(C)C(Nc1ccc(CCO)cc1)C1CC1. The zero-order valence-corrected chi connectivity index (χ0v) is 10.8. The molecule has 2 rings (SSSR count). The molecule has 2 heteroatoms. The van der Waals surface area contributed by atoms with E-state index in [4.69, 9.17) is 5.11 Å². The number of nitrogens with one attached hydrogen (secondary N) is 1. The maximum atomic E-state index is 8.87. The van der Waals surface area contributed by atoms with E-state index in [1.807, 2.05) is 0 Å². The summed E-state index contributed by atoms with van der Waals surface area (Å²) in [6, 6.07) is 9.07. The molecule has 1 aromatic carbocycles. The van der Waals surface area contributed by atoms with Crippen molar-refractivity contribution in [2.24, 2.45) is 11.8 Å². The third-order valence-electron chi connectivity index (χ3n) is 3.54. The molecule has 0 bridgehead atoms. The molecule has 2 N–H and O–H groups in total. The molecule has 1 aromatic rings. The van der Waals surface area contributed by atoms with Crippen molar-refractivity contribution >= 4 is 5.69 Å². The number of hydrogen-bond acceptors (Lipinski definition) is 2. The summed E-state index contributed by atoms with van der Waals surface area (Å²) in [6.07, 6.45) is 3.49.